The van der Waals surface area contributed by atoms with Crippen LogP contribution in [0.4, 0.5) is 11.4 Å². The van der Waals surface area contributed by atoms with Crippen molar-refractivity contribution in [3.8, 4) is 0 Å². The Balaban J connectivity index is 2.17. The number of anilines is 2. The maximum absolute atomic E-state index is 12.0. The van der Waals surface area contributed by atoms with Crippen LogP contribution in [0.1, 0.15) is 6.92 Å². The van der Waals surface area contributed by atoms with Gasteiger partial charge in [0.1, 0.15) is 5.70 Å². The highest BCUT2D eigenvalue weighted by molar-refractivity contribution is 6.17. The maximum Gasteiger partial charge on any atom is 0.277 e. The number of hydrogen-bond donors (Lipinski definition) is 2. The summed E-state index contributed by atoms with van der Waals surface area (Å²) in [6, 6.07) is 6.94. The number of rotatable bonds is 5. The minimum Gasteiger partial charge on any atom is -0.395 e. The predicted molar refractivity (Wildman–Crippen MR) is 81.0 cm³/mol. The van der Waals surface area contributed by atoms with Gasteiger partial charge in [-0.25, -0.2) is 0 Å². The van der Waals surface area contributed by atoms with Crippen LogP contribution in [0.2, 0.25) is 0 Å². The molecule has 7 nitrogen and oxygen atoms in total. The van der Waals surface area contributed by atoms with Crippen LogP contribution in [0.25, 0.3) is 0 Å². The predicted octanol–water partition coefficient (Wildman–Crippen LogP) is 0.326. The second-order valence-corrected chi connectivity index (χ2v) is 4.83. The summed E-state index contributed by atoms with van der Waals surface area (Å²) in [7, 11) is 1.65. The SMILES string of the molecule is CC(=O)N(C)c1cccc(NC2=CC(=O)N(CCO)C2=O)c1. The smallest absolute Gasteiger partial charge is 0.277 e. The Bertz CT molecular complexity index is 654. The molecule has 0 unspecified atom stereocenters. The van der Waals surface area contributed by atoms with Crippen molar-refractivity contribution in [3.63, 3.8) is 0 Å². The van der Waals surface area contributed by atoms with Crippen LogP contribution in [0.3, 0.4) is 0 Å². The van der Waals surface area contributed by atoms with Crippen LogP contribution in [0, 0.1) is 0 Å². The molecule has 0 saturated carbocycles. The van der Waals surface area contributed by atoms with Gasteiger partial charge in [-0.2, -0.15) is 0 Å². The van der Waals surface area contributed by atoms with E-state index in [4.69, 9.17) is 5.11 Å². The van der Waals surface area contributed by atoms with Crippen molar-refractivity contribution < 1.29 is 19.5 Å². The van der Waals surface area contributed by atoms with Crippen LogP contribution in [-0.2, 0) is 14.4 Å². The van der Waals surface area contributed by atoms with E-state index in [1.807, 2.05) is 0 Å². The van der Waals surface area contributed by atoms with Gasteiger partial charge in [-0.1, -0.05) is 6.07 Å². The fraction of sp³-hybridized carbons (Fsp3) is 0.267. The number of β-amino-alcohol motifs (C(OH)–C–C–N with tert-alkyl or cyclic N) is 1. The van der Waals surface area contributed by atoms with Crippen LogP contribution in [0.15, 0.2) is 36.0 Å². The van der Waals surface area contributed by atoms with Gasteiger partial charge in [-0.05, 0) is 18.2 Å². The number of benzene rings is 1. The number of amides is 3. The summed E-state index contributed by atoms with van der Waals surface area (Å²) in [5, 5.41) is 11.7. The molecule has 7 heteroatoms. The summed E-state index contributed by atoms with van der Waals surface area (Å²) in [5.74, 6) is -1.06. The highest BCUT2D eigenvalue weighted by Gasteiger charge is 2.30. The molecule has 1 aromatic carbocycles. The van der Waals surface area contributed by atoms with Gasteiger partial charge in [0.15, 0.2) is 0 Å². The normalized spacial score (nSPS) is 14.1. The van der Waals surface area contributed by atoms with Crippen LogP contribution in [-0.4, -0.2) is 47.9 Å². The van der Waals surface area contributed by atoms with E-state index >= 15 is 0 Å². The molecule has 2 rings (SSSR count). The number of hydrogen-bond acceptors (Lipinski definition) is 5. The Morgan fingerprint density at radius 3 is 2.73 bits per heavy atom. The molecule has 0 saturated heterocycles. The summed E-state index contributed by atoms with van der Waals surface area (Å²) in [4.78, 5) is 37.5. The minimum atomic E-state index is -0.482. The number of aliphatic hydroxyl groups is 1. The first-order valence-electron chi connectivity index (χ1n) is 6.74. The molecule has 2 N–H and O–H groups in total. The van der Waals surface area contributed by atoms with E-state index in [-0.39, 0.29) is 24.8 Å². The van der Waals surface area contributed by atoms with Crippen LogP contribution >= 0.6 is 0 Å². The average molecular weight is 303 g/mol. The Morgan fingerprint density at radius 2 is 2.09 bits per heavy atom. The molecule has 0 aliphatic carbocycles. The van der Waals surface area contributed by atoms with Crippen molar-refractivity contribution in [2.45, 2.75) is 6.92 Å². The first kappa shape index (κ1) is 15.7. The minimum absolute atomic E-state index is 0.0353. The van der Waals surface area contributed by atoms with Crippen molar-refractivity contribution in [1.82, 2.24) is 4.90 Å². The summed E-state index contributed by atoms with van der Waals surface area (Å²) in [5.41, 5.74) is 1.40. The maximum atomic E-state index is 12.0. The molecular formula is C15H17N3O4. The van der Waals surface area contributed by atoms with Gasteiger partial charge in [-0.3, -0.25) is 19.3 Å². The number of nitrogens with one attached hydrogen (secondary N) is 1. The third-order valence-electron chi connectivity index (χ3n) is 3.32. The molecule has 3 amide bonds. The number of carbonyl (C=O) groups excluding carboxylic acids is 3. The molecule has 0 fully saturated rings. The van der Waals surface area contributed by atoms with Crippen LogP contribution in [0.5, 0.6) is 0 Å². The number of carbonyl (C=O) groups is 3. The van der Waals surface area contributed by atoms with E-state index in [2.05, 4.69) is 5.32 Å². The monoisotopic (exact) mass is 303 g/mol. The molecule has 0 atom stereocenters. The topological polar surface area (TPSA) is 90.0 Å². The highest BCUT2D eigenvalue weighted by Crippen LogP contribution is 2.22. The van der Waals surface area contributed by atoms with Gasteiger partial charge < -0.3 is 15.3 Å². The Morgan fingerprint density at radius 1 is 1.36 bits per heavy atom. The van der Waals surface area contributed by atoms with Crippen molar-refractivity contribution >= 4 is 29.1 Å². The lowest BCUT2D eigenvalue weighted by Gasteiger charge is -2.17. The Hall–Kier alpha value is -2.67. The Labute approximate surface area is 127 Å². The summed E-state index contributed by atoms with van der Waals surface area (Å²) >= 11 is 0. The third-order valence-corrected chi connectivity index (χ3v) is 3.32. The standard InChI is InChI=1S/C15H17N3O4/c1-10(20)17(2)12-5-3-4-11(8-12)16-13-9-14(21)18(6-7-19)15(13)22/h3-5,8-9,16,19H,6-7H2,1-2H3. The summed E-state index contributed by atoms with van der Waals surface area (Å²) in [6.45, 7) is 1.14. The Kier molecular flexibility index (Phi) is 4.57. The van der Waals surface area contributed by atoms with E-state index in [1.165, 1.54) is 17.9 Å². The second kappa shape index (κ2) is 6.40. The lowest BCUT2D eigenvalue weighted by molar-refractivity contribution is -0.137. The fourth-order valence-electron chi connectivity index (χ4n) is 2.04. The first-order chi connectivity index (χ1) is 10.4. The molecule has 1 aliphatic heterocycles. The number of nitrogens with zero attached hydrogens (tertiary/aromatic N) is 2. The van der Waals surface area contributed by atoms with E-state index in [1.54, 1.807) is 31.3 Å². The van der Waals surface area contributed by atoms with Crippen molar-refractivity contribution in [3.05, 3.63) is 36.0 Å². The fourth-order valence-corrected chi connectivity index (χ4v) is 2.04. The van der Waals surface area contributed by atoms with Gasteiger partial charge in [0, 0.05) is 31.4 Å². The number of aliphatic hydroxyl groups excluding tert-OH is 1. The zero-order valence-corrected chi connectivity index (χ0v) is 12.4. The van der Waals surface area contributed by atoms with E-state index in [9.17, 15) is 14.4 Å². The lowest BCUT2D eigenvalue weighted by Crippen LogP contribution is -2.34. The zero-order valence-electron chi connectivity index (χ0n) is 12.4. The summed E-state index contributed by atoms with van der Waals surface area (Å²) < 4.78 is 0. The van der Waals surface area contributed by atoms with Crippen molar-refractivity contribution in [2.24, 2.45) is 0 Å². The molecule has 0 aromatic heterocycles. The first-order valence-corrected chi connectivity index (χ1v) is 6.74. The van der Waals surface area contributed by atoms with Gasteiger partial charge in [-0.15, -0.1) is 0 Å². The quantitative estimate of drug-likeness (QED) is 0.765. The van der Waals surface area contributed by atoms with Crippen molar-refractivity contribution in [2.75, 3.05) is 30.4 Å². The van der Waals surface area contributed by atoms with E-state index < -0.39 is 11.8 Å². The van der Waals surface area contributed by atoms with Gasteiger partial charge in [0.05, 0.1) is 13.2 Å². The lowest BCUT2D eigenvalue weighted by atomic mass is 10.2. The highest BCUT2D eigenvalue weighted by atomic mass is 16.3. The molecule has 22 heavy (non-hydrogen) atoms. The summed E-state index contributed by atoms with van der Waals surface area (Å²) in [6.07, 6.45) is 1.19. The third kappa shape index (κ3) is 3.15. The molecule has 1 aromatic rings. The van der Waals surface area contributed by atoms with E-state index in [0.717, 1.165) is 4.90 Å². The van der Waals surface area contributed by atoms with Crippen LogP contribution < -0.4 is 10.2 Å². The molecule has 0 bridgehead atoms. The average Bonchev–Trinajstić information content (AvgIpc) is 2.74. The second-order valence-electron chi connectivity index (χ2n) is 4.83. The molecule has 116 valence electrons. The van der Waals surface area contributed by atoms with Gasteiger partial charge in [0.25, 0.3) is 11.8 Å². The van der Waals surface area contributed by atoms with E-state index in [0.29, 0.717) is 11.4 Å². The van der Waals surface area contributed by atoms with Gasteiger partial charge in [0.2, 0.25) is 5.91 Å². The molecule has 0 radical (unpaired) electrons. The molecular weight excluding hydrogens is 286 g/mol. The number of imide groups is 1. The van der Waals surface area contributed by atoms with Gasteiger partial charge >= 0.3 is 0 Å². The molecule has 1 heterocycles. The zero-order chi connectivity index (χ0) is 16.3. The molecule has 1 aliphatic rings. The molecule has 0 spiro atoms. The van der Waals surface area contributed by atoms with Crippen molar-refractivity contribution in [1.29, 1.82) is 0 Å². The largest absolute Gasteiger partial charge is 0.395 e.